The van der Waals surface area contributed by atoms with Crippen molar-refractivity contribution in [1.82, 2.24) is 78.3 Å². The van der Waals surface area contributed by atoms with Crippen LogP contribution in [0.3, 0.4) is 0 Å². The third-order valence-corrected chi connectivity index (χ3v) is 20.5. The van der Waals surface area contributed by atoms with E-state index >= 15 is 0 Å². The van der Waals surface area contributed by atoms with Crippen LogP contribution in [0.4, 0.5) is 0 Å². The van der Waals surface area contributed by atoms with Crippen LogP contribution in [0.1, 0.15) is 173 Å². The maximum atomic E-state index is 14.8. The number of hydrogen-bond acceptors (Lipinski definition) is 19. The monoisotopic (exact) mass is 1620 g/mol. The minimum atomic E-state index is -1.76. The molecule has 0 unspecified atom stereocenters. The summed E-state index contributed by atoms with van der Waals surface area (Å²) < 4.78 is 0.777. The number of aromatic amines is 1. The number of aromatic nitrogens is 2. The number of aliphatic imine (C=N–C) groups is 2. The smallest absolute Gasteiger partial charge is 0.326 e. The molecule has 1 aliphatic carbocycles. The molecule has 614 valence electrons. The molecule has 0 bridgehead atoms. The zero-order valence-electron chi connectivity index (χ0n) is 63.4. The quantitative estimate of drug-likeness (QED) is 0.0174. The first kappa shape index (κ1) is 89.8. The van der Waals surface area contributed by atoms with Gasteiger partial charge in [0.15, 0.2) is 11.9 Å². The molecule has 0 spiro atoms. The fraction of sp³-hybridized carbons (Fsp3) is 0.653. The number of aliphatic hydroxyl groups is 1. The molecule has 111 heavy (non-hydrogen) atoms. The standard InChI is InChI=1S/C72H113BrN22O16/c1-4-5-17-47(64(105)93-72(2,3)69(111)92-52(68(109)110)35-42-23-25-43(73)26-24-42)87-65(106)54-21-13-32-94(54)57(98)38-82-58(99)45(18-9-10-29-74)85-62(103)51(36-44-37-79-40-83-44)90-63(104)53(39-96)91-61(102)50(34-41-15-7-6-8-16-41)89-59(100)46(19-11-30-80-70(75)76)86-66(107)55-22-14-33-95(55)67(108)49(20-12-31-81-71(77)78)88-60(101)48-27-28-56(97)84-48/h23-26,37,40-41,45-55,96H,4-22,27-36,38-39,74H2,1-3H3,(H,79,83)(H,82,99)(H,84,97)(H,85,103)(H,86,107)(H,87,106)(H,88,101)(H,89,100)(H,90,104)(H,91,102)(H,92,111)(H,93,105)(H,109,110)(H4,75,76,80)(H4,77,78,81)/t45-,46-,47-,48-,49-,50-,51-,52-,53-,54-,55-/m0/s1. The number of halogens is 1. The highest BCUT2D eigenvalue weighted by atomic mass is 79.9. The van der Waals surface area contributed by atoms with Crippen LogP contribution in [0.15, 0.2) is 51.2 Å². The number of aliphatic carboxylic acids is 1. The Balaban J connectivity index is 1.13. The van der Waals surface area contributed by atoms with E-state index in [2.05, 4.69) is 94.4 Å². The summed E-state index contributed by atoms with van der Waals surface area (Å²) >= 11 is 3.34. The van der Waals surface area contributed by atoms with Crippen LogP contribution in [0, 0.1) is 5.92 Å². The summed E-state index contributed by atoms with van der Waals surface area (Å²) in [5, 5.41) is 50.0. The van der Waals surface area contributed by atoms with Gasteiger partial charge < -0.3 is 112 Å². The van der Waals surface area contributed by atoms with Crippen LogP contribution < -0.4 is 87.2 Å². The highest BCUT2D eigenvalue weighted by Crippen LogP contribution is 2.28. The van der Waals surface area contributed by atoms with Gasteiger partial charge in [0.1, 0.15) is 72.0 Å². The van der Waals surface area contributed by atoms with Gasteiger partial charge in [-0.05, 0) is 134 Å². The van der Waals surface area contributed by atoms with Crippen molar-refractivity contribution in [3.05, 3.63) is 52.5 Å². The fourth-order valence-electron chi connectivity index (χ4n) is 13.8. The molecule has 1 aromatic carbocycles. The number of nitrogens with one attached hydrogen (secondary N) is 12. The minimum absolute atomic E-state index is 0.00770. The number of carbonyl (C=O) groups excluding carboxylic acids is 13. The molecule has 3 aliphatic heterocycles. The maximum Gasteiger partial charge on any atom is 0.326 e. The van der Waals surface area contributed by atoms with Gasteiger partial charge in [-0.25, -0.2) is 9.78 Å². The van der Waals surface area contributed by atoms with Gasteiger partial charge in [-0.2, -0.15) is 0 Å². The van der Waals surface area contributed by atoms with Crippen LogP contribution in [0.5, 0.6) is 0 Å². The van der Waals surface area contributed by atoms with Crippen molar-refractivity contribution in [3.8, 4) is 0 Å². The van der Waals surface area contributed by atoms with Crippen LogP contribution >= 0.6 is 15.9 Å². The highest BCUT2D eigenvalue weighted by Gasteiger charge is 2.43. The number of carbonyl (C=O) groups is 14. The largest absolute Gasteiger partial charge is 0.480 e. The number of aliphatic hydroxyl groups excluding tert-OH is 1. The second-order valence-electron chi connectivity index (χ2n) is 29.1. The summed E-state index contributed by atoms with van der Waals surface area (Å²) in [6.07, 6.45) is 10.2. The predicted molar refractivity (Wildman–Crippen MR) is 410 cm³/mol. The predicted octanol–water partition coefficient (Wildman–Crippen LogP) is -3.42. The van der Waals surface area contributed by atoms with Crippen molar-refractivity contribution in [1.29, 1.82) is 0 Å². The van der Waals surface area contributed by atoms with Crippen molar-refractivity contribution in [2.24, 2.45) is 44.6 Å². The zero-order chi connectivity index (χ0) is 81.3. The molecule has 13 amide bonds. The number of carboxylic acid groups (broad SMARTS) is 1. The summed E-state index contributed by atoms with van der Waals surface area (Å²) in [7, 11) is 0. The molecule has 1 aromatic heterocycles. The molecule has 0 radical (unpaired) electrons. The summed E-state index contributed by atoms with van der Waals surface area (Å²) in [6.45, 7) is 3.58. The lowest BCUT2D eigenvalue weighted by molar-refractivity contribution is -0.143. The van der Waals surface area contributed by atoms with E-state index in [1.807, 2.05) is 6.92 Å². The third-order valence-electron chi connectivity index (χ3n) is 20.0. The Morgan fingerprint density at radius 3 is 1.73 bits per heavy atom. The highest BCUT2D eigenvalue weighted by molar-refractivity contribution is 9.10. The Morgan fingerprint density at radius 2 is 1.14 bits per heavy atom. The van der Waals surface area contributed by atoms with Crippen molar-refractivity contribution in [2.45, 2.75) is 247 Å². The van der Waals surface area contributed by atoms with Crippen LogP contribution in [0.2, 0.25) is 0 Å². The minimum Gasteiger partial charge on any atom is -0.480 e. The molecular weight excluding hydrogens is 1510 g/mol. The van der Waals surface area contributed by atoms with E-state index in [1.165, 1.54) is 36.2 Å². The average molecular weight is 1620 g/mol. The van der Waals surface area contributed by atoms with Crippen LogP contribution in [-0.2, 0) is 80.0 Å². The zero-order valence-corrected chi connectivity index (χ0v) is 65.0. The topological polar surface area (TPSA) is 602 Å². The van der Waals surface area contributed by atoms with Gasteiger partial charge in [0.2, 0.25) is 76.8 Å². The Bertz CT molecular complexity index is 3570. The molecule has 24 N–H and O–H groups in total. The Hall–Kier alpha value is -10.1. The number of carboxylic acids is 1. The normalized spacial score (nSPS) is 18.5. The number of H-pyrrole nitrogens is 1. The number of amides is 13. The van der Waals surface area contributed by atoms with Gasteiger partial charge in [-0.15, -0.1) is 0 Å². The summed E-state index contributed by atoms with van der Waals surface area (Å²) in [4.78, 5) is 213. The van der Waals surface area contributed by atoms with Gasteiger partial charge in [-0.1, -0.05) is 79.9 Å². The number of likely N-dealkylation sites (tertiary alicyclic amines) is 2. The van der Waals surface area contributed by atoms with Crippen LogP contribution in [0.25, 0.3) is 0 Å². The molecular formula is C72H113BrN22O16. The third kappa shape index (κ3) is 29.3. The molecule has 3 saturated heterocycles. The van der Waals surface area contributed by atoms with Crippen molar-refractivity contribution in [3.63, 3.8) is 0 Å². The molecule has 1 saturated carbocycles. The number of hydrogen-bond donors (Lipinski definition) is 19. The lowest BCUT2D eigenvalue weighted by atomic mass is 9.84. The van der Waals surface area contributed by atoms with E-state index in [-0.39, 0.29) is 140 Å². The maximum absolute atomic E-state index is 14.8. The molecule has 11 atom stereocenters. The van der Waals surface area contributed by atoms with E-state index in [9.17, 15) is 77.3 Å². The van der Waals surface area contributed by atoms with Gasteiger partial charge in [0.05, 0.1) is 19.5 Å². The number of nitrogens with two attached hydrogens (primary N) is 5. The lowest BCUT2D eigenvalue weighted by Crippen LogP contribution is -2.62. The number of nitrogens with zero attached hydrogens (tertiary/aromatic N) is 5. The molecule has 2 aromatic rings. The average Bonchev–Trinajstić information content (AvgIpc) is 1.76. The van der Waals surface area contributed by atoms with E-state index < -0.39 is 162 Å². The Labute approximate surface area is 653 Å². The first-order valence-corrected chi connectivity index (χ1v) is 39.0. The molecule has 4 fully saturated rings. The van der Waals surface area contributed by atoms with E-state index in [1.54, 1.807) is 24.3 Å². The SMILES string of the molecule is CCCC[C@H](NC(=O)[C@@H]1CCCN1C(=O)CNC(=O)[C@H](CCCCN)NC(=O)[C@H](Cc1cnc[nH]1)NC(=O)[C@H](CO)NC(=O)[C@H](CC1CCCCC1)NC(=O)[C@H](CCCN=C(N)N)NC(=O)[C@@H]1CCCN1C(=O)[C@H](CCCN=C(N)N)NC(=O)[C@@H]1CCC(=O)N1)C(=O)NC(C)(C)C(=O)N[C@@H](Cc1ccc(Br)cc1)C(=O)O. The van der Waals surface area contributed by atoms with Crippen molar-refractivity contribution >= 4 is 111 Å². The molecule has 39 heteroatoms. The van der Waals surface area contributed by atoms with Crippen molar-refractivity contribution < 1.29 is 77.3 Å². The Morgan fingerprint density at radius 1 is 0.604 bits per heavy atom. The summed E-state index contributed by atoms with van der Waals surface area (Å²) in [5.41, 5.74) is 27.4. The van der Waals surface area contributed by atoms with E-state index in [0.29, 0.717) is 62.6 Å². The number of benzene rings is 1. The molecule has 38 nitrogen and oxygen atoms in total. The first-order chi connectivity index (χ1) is 52.9. The fourth-order valence-corrected chi connectivity index (χ4v) is 14.0. The van der Waals surface area contributed by atoms with Gasteiger partial charge in [0.25, 0.3) is 0 Å². The summed E-state index contributed by atoms with van der Waals surface area (Å²) in [5.74, 6) is -11.4. The second-order valence-corrected chi connectivity index (χ2v) is 30.0. The van der Waals surface area contributed by atoms with E-state index in [0.717, 1.165) is 23.7 Å². The van der Waals surface area contributed by atoms with Crippen LogP contribution in [-0.4, -0.2) is 243 Å². The molecule has 4 heterocycles. The lowest BCUT2D eigenvalue weighted by Gasteiger charge is -2.31. The molecule has 4 aliphatic rings. The van der Waals surface area contributed by atoms with Gasteiger partial charge in [-0.3, -0.25) is 72.3 Å². The van der Waals surface area contributed by atoms with Gasteiger partial charge in [0, 0.05) is 61.8 Å². The van der Waals surface area contributed by atoms with Crippen molar-refractivity contribution in [2.75, 3.05) is 45.9 Å². The number of unbranched alkanes of at least 4 members (excludes halogenated alkanes) is 2. The second kappa shape index (κ2) is 45.3. The van der Waals surface area contributed by atoms with E-state index in [4.69, 9.17) is 28.7 Å². The number of guanidine groups is 2. The van der Waals surface area contributed by atoms with Gasteiger partial charge >= 0.3 is 5.97 Å². The number of rotatable bonds is 45. The summed E-state index contributed by atoms with van der Waals surface area (Å²) in [6, 6.07) is -7.28. The first-order valence-electron chi connectivity index (χ1n) is 38.2. The molecule has 6 rings (SSSR count). The Kier molecular flexibility index (Phi) is 36.7. The number of imidazole rings is 1.